The Kier molecular flexibility index (Phi) is 5.50. The Morgan fingerprint density at radius 2 is 2.00 bits per heavy atom. The highest BCUT2D eigenvalue weighted by Gasteiger charge is 2.58. The van der Waals surface area contributed by atoms with Crippen molar-refractivity contribution in [2.45, 2.75) is 52.4 Å². The minimum Gasteiger partial charge on any atom is -0.469 e. The highest BCUT2D eigenvalue weighted by atomic mass is 16.5. The van der Waals surface area contributed by atoms with Crippen molar-refractivity contribution in [2.24, 2.45) is 22.7 Å². The molecule has 0 saturated heterocycles. The van der Waals surface area contributed by atoms with Gasteiger partial charge in [0.1, 0.15) is 5.76 Å². The van der Waals surface area contributed by atoms with Crippen molar-refractivity contribution in [1.29, 1.82) is 0 Å². The number of carbonyl (C=O) groups excluding carboxylic acids is 2. The lowest BCUT2D eigenvalue weighted by atomic mass is 9.46. The minimum absolute atomic E-state index is 0.145. The highest BCUT2D eigenvalue weighted by molar-refractivity contribution is 5.90. The maximum absolute atomic E-state index is 12.6. The van der Waals surface area contributed by atoms with Crippen LogP contribution in [0.15, 0.2) is 34.5 Å². The molecule has 5 nitrogen and oxygen atoms in total. The topological polar surface area (TPSA) is 65.7 Å². The lowest BCUT2D eigenvalue weighted by Gasteiger charge is -2.57. The van der Waals surface area contributed by atoms with Gasteiger partial charge in [-0.25, -0.2) is 4.79 Å². The van der Waals surface area contributed by atoms with E-state index < -0.39 is 0 Å². The van der Waals surface area contributed by atoms with Gasteiger partial charge < -0.3 is 13.9 Å². The summed E-state index contributed by atoms with van der Waals surface area (Å²) in [6.07, 6.45) is 8.58. The molecule has 5 heteroatoms. The Labute approximate surface area is 161 Å². The predicted octanol–water partition coefficient (Wildman–Crippen LogP) is 4.32. The Morgan fingerprint density at radius 3 is 2.63 bits per heavy atom. The molecule has 0 N–H and O–H groups in total. The first-order valence-electron chi connectivity index (χ1n) is 9.76. The Hall–Kier alpha value is -2.04. The van der Waals surface area contributed by atoms with E-state index in [9.17, 15) is 9.59 Å². The smallest absolute Gasteiger partial charge is 0.333 e. The van der Waals surface area contributed by atoms with Gasteiger partial charge in [0.2, 0.25) is 0 Å². The quantitative estimate of drug-likeness (QED) is 0.718. The largest absolute Gasteiger partial charge is 0.469 e. The number of fused-ring (bicyclic) bond motifs is 1. The standard InChI is InChI=1S/C22H30O5/c1-21(12-10-15-7-6-14-27-15)17(20(24)26-4)11-13-22(2)16(19(23)25-3)8-5-9-18(21)22/h6-8,14,17-18H,5,9-13H2,1-4H3/t17-,18+,21-,22-/m0/s1. The zero-order valence-corrected chi connectivity index (χ0v) is 16.7. The number of rotatable bonds is 5. The third-order valence-corrected chi connectivity index (χ3v) is 7.11. The molecular formula is C22H30O5. The first kappa shape index (κ1) is 19.7. The van der Waals surface area contributed by atoms with Gasteiger partial charge in [0.05, 0.1) is 26.4 Å². The summed E-state index contributed by atoms with van der Waals surface area (Å²) in [5.41, 5.74) is 0.211. The number of carbonyl (C=O) groups is 2. The minimum atomic E-state index is -0.284. The molecule has 1 saturated carbocycles. The van der Waals surface area contributed by atoms with Crippen LogP contribution in [0.25, 0.3) is 0 Å². The van der Waals surface area contributed by atoms with Crippen LogP contribution in [0.3, 0.4) is 0 Å². The zero-order chi connectivity index (χ0) is 19.7. The highest BCUT2D eigenvalue weighted by Crippen LogP contribution is 2.62. The fourth-order valence-corrected chi connectivity index (χ4v) is 5.67. The van der Waals surface area contributed by atoms with E-state index in [4.69, 9.17) is 13.9 Å². The van der Waals surface area contributed by atoms with Gasteiger partial charge in [0.25, 0.3) is 0 Å². The molecule has 148 valence electrons. The number of hydrogen-bond acceptors (Lipinski definition) is 5. The second-order valence-electron chi connectivity index (χ2n) is 8.36. The molecule has 3 rings (SSSR count). The summed E-state index contributed by atoms with van der Waals surface area (Å²) in [7, 11) is 2.90. The number of furan rings is 1. The lowest BCUT2D eigenvalue weighted by molar-refractivity contribution is -0.161. The van der Waals surface area contributed by atoms with E-state index in [1.807, 2.05) is 18.2 Å². The van der Waals surface area contributed by atoms with Crippen LogP contribution in [0.4, 0.5) is 0 Å². The molecule has 4 atom stereocenters. The molecule has 1 fully saturated rings. The average molecular weight is 374 g/mol. The Balaban J connectivity index is 1.97. The van der Waals surface area contributed by atoms with Crippen LogP contribution in [0, 0.1) is 22.7 Å². The molecule has 2 aliphatic carbocycles. The molecule has 0 aromatic carbocycles. The zero-order valence-electron chi connectivity index (χ0n) is 16.7. The summed E-state index contributed by atoms with van der Waals surface area (Å²) in [5, 5.41) is 0. The summed E-state index contributed by atoms with van der Waals surface area (Å²) in [6.45, 7) is 4.36. The maximum atomic E-state index is 12.6. The number of hydrogen-bond donors (Lipinski definition) is 0. The van der Waals surface area contributed by atoms with Gasteiger partial charge in [-0.15, -0.1) is 0 Å². The van der Waals surface area contributed by atoms with Crippen LogP contribution in [-0.2, 0) is 25.5 Å². The predicted molar refractivity (Wildman–Crippen MR) is 101 cm³/mol. The molecule has 0 amide bonds. The van der Waals surface area contributed by atoms with Crippen molar-refractivity contribution >= 4 is 11.9 Å². The Bertz CT molecular complexity index is 719. The maximum Gasteiger partial charge on any atom is 0.333 e. The van der Waals surface area contributed by atoms with Gasteiger partial charge in [-0.05, 0) is 55.6 Å². The van der Waals surface area contributed by atoms with Crippen molar-refractivity contribution < 1.29 is 23.5 Å². The van der Waals surface area contributed by atoms with E-state index >= 15 is 0 Å². The van der Waals surface area contributed by atoms with Crippen LogP contribution < -0.4 is 0 Å². The molecule has 0 aliphatic heterocycles. The summed E-state index contributed by atoms with van der Waals surface area (Å²) >= 11 is 0. The first-order chi connectivity index (χ1) is 12.9. The van der Waals surface area contributed by atoms with E-state index in [0.717, 1.165) is 43.4 Å². The van der Waals surface area contributed by atoms with Crippen molar-refractivity contribution in [3.63, 3.8) is 0 Å². The van der Waals surface area contributed by atoms with Gasteiger partial charge in [-0.1, -0.05) is 19.9 Å². The molecule has 1 heterocycles. The van der Waals surface area contributed by atoms with Crippen LogP contribution in [0.1, 0.15) is 51.7 Å². The van der Waals surface area contributed by atoms with Gasteiger partial charge in [0, 0.05) is 17.4 Å². The van der Waals surface area contributed by atoms with Crippen molar-refractivity contribution in [1.82, 2.24) is 0 Å². The second kappa shape index (κ2) is 7.53. The first-order valence-corrected chi connectivity index (χ1v) is 9.76. The van der Waals surface area contributed by atoms with Gasteiger partial charge in [0.15, 0.2) is 0 Å². The van der Waals surface area contributed by atoms with Gasteiger partial charge in [-0.2, -0.15) is 0 Å². The summed E-state index contributed by atoms with van der Waals surface area (Å²) < 4.78 is 15.8. The van der Waals surface area contributed by atoms with Crippen LogP contribution >= 0.6 is 0 Å². The third kappa shape index (κ3) is 3.32. The van der Waals surface area contributed by atoms with E-state index in [-0.39, 0.29) is 34.6 Å². The molecule has 27 heavy (non-hydrogen) atoms. The average Bonchev–Trinajstić information content (AvgIpc) is 3.19. The molecule has 0 bridgehead atoms. The summed E-state index contributed by atoms with van der Waals surface area (Å²) in [6, 6.07) is 3.86. The normalized spacial score (nSPS) is 33.0. The van der Waals surface area contributed by atoms with Crippen molar-refractivity contribution in [3.8, 4) is 0 Å². The lowest BCUT2D eigenvalue weighted by Crippen LogP contribution is -2.54. The van der Waals surface area contributed by atoms with Crippen molar-refractivity contribution in [2.75, 3.05) is 14.2 Å². The number of esters is 2. The Morgan fingerprint density at radius 1 is 1.22 bits per heavy atom. The fraction of sp³-hybridized carbons (Fsp3) is 0.636. The van der Waals surface area contributed by atoms with Gasteiger partial charge in [-0.3, -0.25) is 4.79 Å². The molecule has 1 aromatic heterocycles. The molecular weight excluding hydrogens is 344 g/mol. The van der Waals surface area contributed by atoms with Crippen LogP contribution in [-0.4, -0.2) is 26.2 Å². The molecule has 1 aromatic rings. The summed E-state index contributed by atoms with van der Waals surface area (Å²) in [4.78, 5) is 25.1. The SMILES string of the molecule is COC(=O)C1=CCC[C@@H]2[C@@](C)(CCc3ccco3)[C@H](C(=O)OC)CC[C@@]12C. The van der Waals surface area contributed by atoms with Crippen LogP contribution in [0.5, 0.6) is 0 Å². The third-order valence-electron chi connectivity index (χ3n) is 7.11. The molecule has 0 spiro atoms. The van der Waals surface area contributed by atoms with Gasteiger partial charge >= 0.3 is 11.9 Å². The summed E-state index contributed by atoms with van der Waals surface area (Å²) in [5.74, 6) is 0.566. The van der Waals surface area contributed by atoms with E-state index in [0.29, 0.717) is 6.42 Å². The fourth-order valence-electron chi connectivity index (χ4n) is 5.67. The second-order valence-corrected chi connectivity index (χ2v) is 8.36. The number of allylic oxidation sites excluding steroid dienone is 1. The molecule has 0 unspecified atom stereocenters. The monoisotopic (exact) mass is 374 g/mol. The van der Waals surface area contributed by atoms with Crippen LogP contribution in [0.2, 0.25) is 0 Å². The molecule has 0 radical (unpaired) electrons. The van der Waals surface area contributed by atoms with E-state index in [2.05, 4.69) is 13.8 Å². The van der Waals surface area contributed by atoms with E-state index in [1.54, 1.807) is 6.26 Å². The number of aryl methyl sites for hydroxylation is 1. The van der Waals surface area contributed by atoms with E-state index in [1.165, 1.54) is 14.2 Å². The number of ether oxygens (including phenoxy) is 2. The van der Waals surface area contributed by atoms with Crippen molar-refractivity contribution in [3.05, 3.63) is 35.8 Å². The number of methoxy groups -OCH3 is 2. The molecule has 2 aliphatic rings.